The Bertz CT molecular complexity index is 170. The van der Waals surface area contributed by atoms with Gasteiger partial charge >= 0.3 is 0 Å². The fraction of sp³-hybridized carbons (Fsp3) is 1.00. The number of hydrogen-bond donors (Lipinski definition) is 0. The second-order valence-corrected chi connectivity index (χ2v) is 6.10. The molecule has 0 radical (unpaired) electrons. The van der Waals surface area contributed by atoms with Crippen molar-refractivity contribution in [2.45, 2.75) is 66.8 Å². The monoisotopic (exact) mass is 228 g/mol. The van der Waals surface area contributed by atoms with Crippen molar-refractivity contribution < 1.29 is 0 Å². The van der Waals surface area contributed by atoms with Crippen LogP contribution >= 0.6 is 0 Å². The predicted molar refractivity (Wildman–Crippen MR) is 73.5 cm³/mol. The molecule has 0 unspecified atom stereocenters. The Balaban J connectivity index is 4.65. The summed E-state index contributed by atoms with van der Waals surface area (Å²) in [6.07, 6.45) is 2.44. The molecule has 0 saturated heterocycles. The highest BCUT2D eigenvalue weighted by molar-refractivity contribution is 4.75. The summed E-state index contributed by atoms with van der Waals surface area (Å²) >= 11 is 0. The van der Waals surface area contributed by atoms with E-state index in [-0.39, 0.29) is 5.54 Å². The smallest absolute Gasteiger partial charge is 0.0272 e. The molecule has 0 aliphatic carbocycles. The molecule has 0 aromatic carbocycles. The maximum absolute atomic E-state index is 2.55. The molecule has 98 valence electrons. The summed E-state index contributed by atoms with van der Waals surface area (Å²) in [6.45, 7) is 19.6. The molecule has 0 aliphatic heterocycles. The molecule has 0 heterocycles. The molecule has 0 spiro atoms. The van der Waals surface area contributed by atoms with Gasteiger partial charge in [0.1, 0.15) is 0 Å². The van der Waals surface area contributed by atoms with Crippen molar-refractivity contribution in [3.63, 3.8) is 0 Å². The summed E-state index contributed by atoms with van der Waals surface area (Å²) in [5, 5.41) is 5.10. The quantitative estimate of drug-likeness (QED) is 0.612. The number of nitrogens with zero attached hydrogens (tertiary/aromatic N) is 2. The van der Waals surface area contributed by atoms with Crippen molar-refractivity contribution in [1.82, 2.24) is 10.0 Å². The zero-order valence-corrected chi connectivity index (χ0v) is 12.5. The number of rotatable bonds is 7. The summed E-state index contributed by atoms with van der Waals surface area (Å²) in [5.41, 5.74) is 0.236. The van der Waals surface area contributed by atoms with Crippen LogP contribution in [0.1, 0.15) is 61.3 Å². The van der Waals surface area contributed by atoms with Crippen LogP contribution in [0.3, 0.4) is 0 Å². The zero-order chi connectivity index (χ0) is 12.8. The molecule has 0 N–H and O–H groups in total. The summed E-state index contributed by atoms with van der Waals surface area (Å²) in [4.78, 5) is 0. The third-order valence-electron chi connectivity index (χ3n) is 2.61. The molecule has 0 aromatic rings. The van der Waals surface area contributed by atoms with Gasteiger partial charge in [-0.1, -0.05) is 27.7 Å². The van der Waals surface area contributed by atoms with Crippen LogP contribution in [-0.4, -0.2) is 35.2 Å². The van der Waals surface area contributed by atoms with Crippen LogP contribution in [0.4, 0.5) is 0 Å². The van der Waals surface area contributed by atoms with E-state index < -0.39 is 0 Å². The van der Waals surface area contributed by atoms with Crippen molar-refractivity contribution in [2.75, 3.05) is 19.6 Å². The summed E-state index contributed by atoms with van der Waals surface area (Å²) in [6, 6.07) is 0. The van der Waals surface area contributed by atoms with Crippen molar-refractivity contribution in [2.24, 2.45) is 5.92 Å². The highest BCUT2D eigenvalue weighted by Gasteiger charge is 2.26. The van der Waals surface area contributed by atoms with Gasteiger partial charge < -0.3 is 0 Å². The van der Waals surface area contributed by atoms with Crippen molar-refractivity contribution >= 4 is 0 Å². The first-order valence-corrected chi connectivity index (χ1v) is 6.85. The van der Waals surface area contributed by atoms with Gasteiger partial charge in [-0.2, -0.15) is 0 Å². The van der Waals surface area contributed by atoms with Crippen LogP contribution in [0.15, 0.2) is 0 Å². The molecule has 0 atom stereocenters. The largest absolute Gasteiger partial charge is 0.241 e. The Morgan fingerprint density at radius 1 is 0.938 bits per heavy atom. The van der Waals surface area contributed by atoms with Crippen LogP contribution in [0.5, 0.6) is 0 Å². The lowest BCUT2D eigenvalue weighted by Gasteiger charge is -2.44. The van der Waals surface area contributed by atoms with Crippen molar-refractivity contribution in [3.05, 3.63) is 0 Å². The minimum atomic E-state index is 0.236. The fourth-order valence-electron chi connectivity index (χ4n) is 2.10. The molecule has 0 rings (SSSR count). The Morgan fingerprint density at radius 3 is 1.75 bits per heavy atom. The average Bonchev–Trinajstić information content (AvgIpc) is 2.11. The number of hydrogen-bond acceptors (Lipinski definition) is 2. The molecule has 0 fully saturated rings. The van der Waals surface area contributed by atoms with E-state index in [4.69, 9.17) is 0 Å². The Kier molecular flexibility index (Phi) is 7.25. The lowest BCUT2D eigenvalue weighted by Crippen LogP contribution is -2.54. The van der Waals surface area contributed by atoms with Crippen LogP contribution in [0.2, 0.25) is 0 Å². The van der Waals surface area contributed by atoms with Gasteiger partial charge in [-0.15, -0.1) is 0 Å². The van der Waals surface area contributed by atoms with Crippen LogP contribution in [0, 0.1) is 5.92 Å². The Hall–Kier alpha value is -0.0800. The molecule has 0 aromatic heterocycles. The lowest BCUT2D eigenvalue weighted by atomic mass is 10.1. The van der Waals surface area contributed by atoms with E-state index in [1.165, 1.54) is 25.9 Å². The molecular weight excluding hydrogens is 196 g/mol. The van der Waals surface area contributed by atoms with Crippen LogP contribution < -0.4 is 0 Å². The van der Waals surface area contributed by atoms with E-state index in [0.717, 1.165) is 12.5 Å². The van der Waals surface area contributed by atoms with E-state index in [1.54, 1.807) is 0 Å². The summed E-state index contributed by atoms with van der Waals surface area (Å²) in [5.74, 6) is 0.730. The summed E-state index contributed by atoms with van der Waals surface area (Å²) in [7, 11) is 0. The van der Waals surface area contributed by atoms with Crippen LogP contribution in [-0.2, 0) is 0 Å². The number of hydrazine groups is 1. The standard InChI is InChI=1S/C14H32N2/c1-8-10-15(12-13(3)4)16(11-9-2)14(5,6)7/h13H,8-12H2,1-7H3. The molecule has 16 heavy (non-hydrogen) atoms. The third-order valence-corrected chi connectivity index (χ3v) is 2.61. The molecule has 0 saturated carbocycles. The fourth-order valence-corrected chi connectivity index (χ4v) is 2.10. The van der Waals surface area contributed by atoms with Crippen LogP contribution in [0.25, 0.3) is 0 Å². The Labute approximate surface area is 103 Å². The highest BCUT2D eigenvalue weighted by Crippen LogP contribution is 2.18. The minimum absolute atomic E-state index is 0.236. The lowest BCUT2D eigenvalue weighted by molar-refractivity contribution is -0.0968. The first-order chi connectivity index (χ1) is 7.32. The van der Waals surface area contributed by atoms with Gasteiger partial charge in [0.2, 0.25) is 0 Å². The maximum atomic E-state index is 2.55. The van der Waals surface area contributed by atoms with Crippen molar-refractivity contribution in [1.29, 1.82) is 0 Å². The van der Waals surface area contributed by atoms with Gasteiger partial charge in [-0.25, -0.2) is 10.0 Å². The molecule has 0 aliphatic rings. The third kappa shape index (κ3) is 5.86. The zero-order valence-electron chi connectivity index (χ0n) is 12.5. The molecule has 0 amide bonds. The SMILES string of the molecule is CCCN(CC(C)C)N(CCC)C(C)(C)C. The Morgan fingerprint density at radius 2 is 1.44 bits per heavy atom. The van der Waals surface area contributed by atoms with Gasteiger partial charge in [0, 0.05) is 25.2 Å². The van der Waals surface area contributed by atoms with Gasteiger partial charge in [-0.3, -0.25) is 0 Å². The van der Waals surface area contributed by atoms with E-state index in [1.807, 2.05) is 0 Å². The van der Waals surface area contributed by atoms with E-state index >= 15 is 0 Å². The van der Waals surface area contributed by atoms with Gasteiger partial charge in [-0.05, 0) is 39.5 Å². The maximum Gasteiger partial charge on any atom is 0.0272 e. The van der Waals surface area contributed by atoms with E-state index in [9.17, 15) is 0 Å². The predicted octanol–water partition coefficient (Wildman–Crippen LogP) is 3.78. The van der Waals surface area contributed by atoms with Gasteiger partial charge in [0.05, 0.1) is 0 Å². The second-order valence-electron chi connectivity index (χ2n) is 6.10. The van der Waals surface area contributed by atoms with E-state index in [0.29, 0.717) is 0 Å². The highest BCUT2D eigenvalue weighted by atomic mass is 15.6. The van der Waals surface area contributed by atoms with Gasteiger partial charge in [0.25, 0.3) is 0 Å². The second kappa shape index (κ2) is 7.29. The molecule has 2 nitrogen and oxygen atoms in total. The van der Waals surface area contributed by atoms with Gasteiger partial charge in [0.15, 0.2) is 0 Å². The first kappa shape index (κ1) is 15.9. The normalized spacial score (nSPS) is 13.1. The molecule has 2 heteroatoms. The minimum Gasteiger partial charge on any atom is -0.241 e. The van der Waals surface area contributed by atoms with E-state index in [2.05, 4.69) is 58.5 Å². The topological polar surface area (TPSA) is 6.48 Å². The van der Waals surface area contributed by atoms with Crippen molar-refractivity contribution in [3.8, 4) is 0 Å². The summed E-state index contributed by atoms with van der Waals surface area (Å²) < 4.78 is 0. The molecular formula is C14H32N2. The molecule has 0 bridgehead atoms. The average molecular weight is 228 g/mol. The first-order valence-electron chi connectivity index (χ1n) is 6.85.